The number of aliphatic hydroxyl groups excluding tert-OH is 1. The van der Waals surface area contributed by atoms with Crippen molar-refractivity contribution in [1.82, 2.24) is 0 Å². The number of benzene rings is 1. The number of ether oxygens (including phenoxy) is 3. The Labute approximate surface area is 101 Å². The van der Waals surface area contributed by atoms with Gasteiger partial charge in [0.05, 0.1) is 6.61 Å². The average molecular weight is 238 g/mol. The first kappa shape index (κ1) is 12.4. The highest BCUT2D eigenvalue weighted by Gasteiger charge is 2.22. The molecule has 1 aliphatic rings. The lowest BCUT2D eigenvalue weighted by Crippen LogP contribution is -2.23. The Morgan fingerprint density at radius 3 is 3.12 bits per heavy atom. The van der Waals surface area contributed by atoms with Gasteiger partial charge in [-0.15, -0.1) is 0 Å². The van der Waals surface area contributed by atoms with Crippen molar-refractivity contribution in [3.8, 4) is 5.75 Å². The van der Waals surface area contributed by atoms with Gasteiger partial charge >= 0.3 is 0 Å². The molecule has 0 spiro atoms. The van der Waals surface area contributed by atoms with Crippen LogP contribution in [0.2, 0.25) is 0 Å². The molecule has 0 radical (unpaired) electrons. The molecule has 1 aromatic rings. The first-order valence-corrected chi connectivity index (χ1v) is 5.81. The van der Waals surface area contributed by atoms with Crippen molar-refractivity contribution in [1.29, 1.82) is 0 Å². The minimum Gasteiger partial charge on any atom is -0.468 e. The van der Waals surface area contributed by atoms with Crippen LogP contribution in [0.3, 0.4) is 0 Å². The zero-order valence-electron chi connectivity index (χ0n) is 9.96. The lowest BCUT2D eigenvalue weighted by Gasteiger charge is -2.26. The van der Waals surface area contributed by atoms with Crippen LogP contribution in [0.15, 0.2) is 24.3 Å². The van der Waals surface area contributed by atoms with Gasteiger partial charge in [-0.3, -0.25) is 0 Å². The monoisotopic (exact) mass is 238 g/mol. The molecule has 0 aliphatic carbocycles. The Morgan fingerprint density at radius 1 is 1.47 bits per heavy atom. The van der Waals surface area contributed by atoms with E-state index in [1.54, 1.807) is 7.11 Å². The lowest BCUT2D eigenvalue weighted by molar-refractivity contribution is -0.129. The van der Waals surface area contributed by atoms with Gasteiger partial charge in [-0.1, -0.05) is 12.1 Å². The van der Waals surface area contributed by atoms with Crippen LogP contribution in [0.25, 0.3) is 0 Å². The molecule has 2 unspecified atom stereocenters. The van der Waals surface area contributed by atoms with E-state index >= 15 is 0 Å². The molecule has 94 valence electrons. The number of rotatable bonds is 4. The second kappa shape index (κ2) is 6.00. The molecule has 4 nitrogen and oxygen atoms in total. The summed E-state index contributed by atoms with van der Waals surface area (Å²) >= 11 is 0. The summed E-state index contributed by atoms with van der Waals surface area (Å²) in [7, 11) is 1.60. The normalized spacial score (nSPS) is 24.6. The third-order valence-corrected chi connectivity index (χ3v) is 2.94. The molecule has 1 N–H and O–H groups in total. The summed E-state index contributed by atoms with van der Waals surface area (Å²) in [6.07, 6.45) is 0.940. The predicted octanol–water partition coefficient (Wildman–Crippen LogP) is 1.88. The lowest BCUT2D eigenvalue weighted by atomic mass is 9.91. The second-order valence-corrected chi connectivity index (χ2v) is 4.17. The fourth-order valence-corrected chi connectivity index (χ4v) is 2.06. The minimum absolute atomic E-state index is 0.250. The fraction of sp³-hybridized carbons (Fsp3) is 0.538. The Kier molecular flexibility index (Phi) is 4.36. The Balaban J connectivity index is 2.04. The van der Waals surface area contributed by atoms with Gasteiger partial charge in [-0.2, -0.15) is 0 Å². The van der Waals surface area contributed by atoms with Gasteiger partial charge in [0.15, 0.2) is 13.1 Å². The molecular formula is C13H18O4. The molecule has 0 aromatic heterocycles. The Bertz CT molecular complexity index is 353. The van der Waals surface area contributed by atoms with Crippen molar-refractivity contribution in [2.45, 2.75) is 25.0 Å². The number of hydrogen-bond acceptors (Lipinski definition) is 4. The molecule has 17 heavy (non-hydrogen) atoms. The number of aliphatic hydroxyl groups is 1. The van der Waals surface area contributed by atoms with Crippen LogP contribution in [0, 0.1) is 0 Å². The predicted molar refractivity (Wildman–Crippen MR) is 62.9 cm³/mol. The molecule has 1 aliphatic heterocycles. The van der Waals surface area contributed by atoms with Crippen LogP contribution in [0.5, 0.6) is 5.75 Å². The first-order valence-electron chi connectivity index (χ1n) is 5.81. The van der Waals surface area contributed by atoms with Crippen molar-refractivity contribution < 1.29 is 19.3 Å². The van der Waals surface area contributed by atoms with Gasteiger partial charge < -0.3 is 19.3 Å². The Morgan fingerprint density at radius 2 is 2.35 bits per heavy atom. The summed E-state index contributed by atoms with van der Waals surface area (Å²) in [5, 5.41) is 9.48. The van der Waals surface area contributed by atoms with E-state index < -0.39 is 6.29 Å². The maximum atomic E-state index is 9.48. The highest BCUT2D eigenvalue weighted by atomic mass is 16.7. The van der Waals surface area contributed by atoms with Gasteiger partial charge in [0.2, 0.25) is 0 Å². The topological polar surface area (TPSA) is 47.9 Å². The summed E-state index contributed by atoms with van der Waals surface area (Å²) in [6, 6.07) is 7.92. The summed E-state index contributed by atoms with van der Waals surface area (Å²) < 4.78 is 15.4. The highest BCUT2D eigenvalue weighted by Crippen LogP contribution is 2.31. The number of hydrogen-bond donors (Lipinski definition) is 1. The molecule has 2 rings (SSSR count). The zero-order chi connectivity index (χ0) is 12.1. The third kappa shape index (κ3) is 3.43. The van der Waals surface area contributed by atoms with Gasteiger partial charge in [-0.05, 0) is 30.0 Å². The third-order valence-electron chi connectivity index (χ3n) is 2.94. The van der Waals surface area contributed by atoms with Gasteiger partial charge in [0, 0.05) is 13.5 Å². The van der Waals surface area contributed by atoms with E-state index in [9.17, 15) is 5.11 Å². The largest absolute Gasteiger partial charge is 0.468 e. The van der Waals surface area contributed by atoms with E-state index in [4.69, 9.17) is 14.2 Å². The van der Waals surface area contributed by atoms with Gasteiger partial charge in [-0.25, -0.2) is 0 Å². The SMILES string of the molecule is COCOc1cccc(C2CCOC(O)C2)c1. The molecule has 1 saturated heterocycles. The zero-order valence-corrected chi connectivity index (χ0v) is 9.96. The summed E-state index contributed by atoms with van der Waals surface area (Å²) in [5.74, 6) is 1.13. The van der Waals surface area contributed by atoms with Crippen molar-refractivity contribution in [2.75, 3.05) is 20.5 Å². The summed E-state index contributed by atoms with van der Waals surface area (Å²) in [6.45, 7) is 0.856. The van der Waals surface area contributed by atoms with Crippen LogP contribution in [-0.4, -0.2) is 31.9 Å². The van der Waals surface area contributed by atoms with Crippen molar-refractivity contribution in [2.24, 2.45) is 0 Å². The van der Waals surface area contributed by atoms with Gasteiger partial charge in [0.1, 0.15) is 5.75 Å². The van der Waals surface area contributed by atoms with Gasteiger partial charge in [0.25, 0.3) is 0 Å². The van der Waals surface area contributed by atoms with E-state index in [1.165, 1.54) is 5.56 Å². The summed E-state index contributed by atoms with van der Waals surface area (Å²) in [5.41, 5.74) is 1.18. The van der Waals surface area contributed by atoms with Crippen LogP contribution < -0.4 is 4.74 Å². The number of methoxy groups -OCH3 is 1. The van der Waals surface area contributed by atoms with Crippen LogP contribution in [0.4, 0.5) is 0 Å². The van der Waals surface area contributed by atoms with Crippen molar-refractivity contribution >= 4 is 0 Å². The smallest absolute Gasteiger partial charge is 0.188 e. The van der Waals surface area contributed by atoms with E-state index in [2.05, 4.69) is 6.07 Å². The van der Waals surface area contributed by atoms with Crippen LogP contribution >= 0.6 is 0 Å². The molecule has 1 fully saturated rings. The van der Waals surface area contributed by atoms with Crippen LogP contribution in [-0.2, 0) is 9.47 Å². The maximum absolute atomic E-state index is 9.48. The maximum Gasteiger partial charge on any atom is 0.188 e. The van der Waals surface area contributed by atoms with E-state index in [0.717, 1.165) is 12.2 Å². The molecule has 0 saturated carbocycles. The summed E-state index contributed by atoms with van der Waals surface area (Å²) in [4.78, 5) is 0. The highest BCUT2D eigenvalue weighted by molar-refractivity contribution is 5.31. The molecule has 1 aromatic carbocycles. The molecule has 0 bridgehead atoms. The molecule has 0 amide bonds. The quantitative estimate of drug-likeness (QED) is 0.814. The van der Waals surface area contributed by atoms with Crippen molar-refractivity contribution in [3.63, 3.8) is 0 Å². The first-order chi connectivity index (χ1) is 8.29. The average Bonchev–Trinajstić information content (AvgIpc) is 2.37. The molecule has 1 heterocycles. The standard InChI is InChI=1S/C13H18O4/c1-15-9-17-12-4-2-3-10(7-12)11-5-6-16-13(14)8-11/h2-4,7,11,13-14H,5-6,8-9H2,1H3. The molecular weight excluding hydrogens is 220 g/mol. The van der Waals surface area contributed by atoms with Crippen LogP contribution in [0.1, 0.15) is 24.3 Å². The Hall–Kier alpha value is -1.10. The fourth-order valence-electron chi connectivity index (χ4n) is 2.06. The van der Waals surface area contributed by atoms with E-state index in [0.29, 0.717) is 18.9 Å². The van der Waals surface area contributed by atoms with Crippen molar-refractivity contribution in [3.05, 3.63) is 29.8 Å². The molecule has 4 heteroatoms. The second-order valence-electron chi connectivity index (χ2n) is 4.17. The molecule has 2 atom stereocenters. The van der Waals surface area contributed by atoms with E-state index in [1.807, 2.05) is 18.2 Å². The van der Waals surface area contributed by atoms with E-state index in [-0.39, 0.29) is 6.79 Å². The minimum atomic E-state index is -0.641.